The Hall–Kier alpha value is -3.39. The molecule has 7 nitrogen and oxygen atoms in total. The van der Waals surface area contributed by atoms with Gasteiger partial charge >= 0.3 is 6.16 Å². The Morgan fingerprint density at radius 3 is 2.66 bits per heavy atom. The topological polar surface area (TPSA) is 79.8 Å². The average molecular weight is 419 g/mol. The highest BCUT2D eigenvalue weighted by molar-refractivity contribution is 6.32. The number of aromatic nitrogens is 2. The summed E-state index contributed by atoms with van der Waals surface area (Å²) in [6, 6.07) is 10.9. The predicted molar refractivity (Wildman–Crippen MR) is 103 cm³/mol. The van der Waals surface area contributed by atoms with Crippen LogP contribution in [0.4, 0.5) is 9.18 Å². The molecule has 0 aliphatic heterocycles. The molecule has 0 spiro atoms. The lowest BCUT2D eigenvalue weighted by Gasteiger charge is -2.12. The molecule has 3 rings (SSSR count). The lowest BCUT2D eigenvalue weighted by molar-refractivity contribution is 0.103. The Bertz CT molecular complexity index is 1030. The van der Waals surface area contributed by atoms with E-state index in [-0.39, 0.29) is 29.8 Å². The number of methoxy groups -OCH3 is 1. The van der Waals surface area contributed by atoms with E-state index in [4.69, 9.17) is 30.5 Å². The highest BCUT2D eigenvalue weighted by Gasteiger charge is 2.18. The number of rotatable bonds is 6. The van der Waals surface area contributed by atoms with E-state index in [9.17, 15) is 9.18 Å². The zero-order valence-corrected chi connectivity index (χ0v) is 16.3. The van der Waals surface area contributed by atoms with Crippen LogP contribution < -0.4 is 14.2 Å². The summed E-state index contributed by atoms with van der Waals surface area (Å²) in [5.74, 6) is -0.135. The van der Waals surface area contributed by atoms with Crippen molar-refractivity contribution in [1.82, 2.24) is 9.97 Å². The highest BCUT2D eigenvalue weighted by atomic mass is 35.5. The van der Waals surface area contributed by atoms with Gasteiger partial charge in [-0.05, 0) is 37.3 Å². The summed E-state index contributed by atoms with van der Waals surface area (Å²) >= 11 is 6.14. The molecule has 0 amide bonds. The zero-order chi connectivity index (χ0) is 20.8. The second-order valence-corrected chi connectivity index (χ2v) is 5.94. The summed E-state index contributed by atoms with van der Waals surface area (Å²) in [6.07, 6.45) is 0.317. The smallest absolute Gasteiger partial charge is 0.494 e. The Balaban J connectivity index is 2.02. The van der Waals surface area contributed by atoms with Gasteiger partial charge < -0.3 is 18.9 Å². The number of para-hydroxylation sites is 1. The summed E-state index contributed by atoms with van der Waals surface area (Å²) < 4.78 is 34.3. The van der Waals surface area contributed by atoms with Crippen LogP contribution in [0.5, 0.6) is 23.1 Å². The summed E-state index contributed by atoms with van der Waals surface area (Å²) in [5, 5.41) is 0.332. The van der Waals surface area contributed by atoms with Gasteiger partial charge in [0.05, 0.1) is 24.9 Å². The van der Waals surface area contributed by atoms with Crippen molar-refractivity contribution in [3.8, 4) is 34.5 Å². The number of carbonyl (C=O) groups excluding carboxylic acids is 1. The van der Waals surface area contributed by atoms with Crippen molar-refractivity contribution in [2.24, 2.45) is 0 Å². The molecule has 0 unspecified atom stereocenters. The van der Waals surface area contributed by atoms with E-state index in [1.165, 1.54) is 31.5 Å². The lowest BCUT2D eigenvalue weighted by atomic mass is 10.2. The van der Waals surface area contributed by atoms with Gasteiger partial charge in [-0.2, -0.15) is 4.98 Å². The first-order valence-electron chi connectivity index (χ1n) is 8.49. The molecule has 150 valence electrons. The van der Waals surface area contributed by atoms with Crippen LogP contribution in [-0.4, -0.2) is 29.8 Å². The molecule has 0 saturated carbocycles. The van der Waals surface area contributed by atoms with Crippen LogP contribution >= 0.6 is 11.6 Å². The molecule has 0 aliphatic carbocycles. The van der Waals surface area contributed by atoms with Gasteiger partial charge in [-0.3, -0.25) is 0 Å². The third-order valence-corrected chi connectivity index (χ3v) is 3.94. The van der Waals surface area contributed by atoms with Crippen LogP contribution in [-0.2, 0) is 4.74 Å². The Morgan fingerprint density at radius 2 is 1.93 bits per heavy atom. The van der Waals surface area contributed by atoms with Crippen molar-refractivity contribution in [1.29, 1.82) is 0 Å². The molecule has 29 heavy (non-hydrogen) atoms. The summed E-state index contributed by atoms with van der Waals surface area (Å²) in [7, 11) is 1.35. The number of hydrogen-bond donors (Lipinski definition) is 0. The average Bonchev–Trinajstić information content (AvgIpc) is 2.71. The maximum Gasteiger partial charge on any atom is 0.514 e. The molecule has 0 aliphatic rings. The summed E-state index contributed by atoms with van der Waals surface area (Å²) in [5.41, 5.74) is 0.468. The van der Waals surface area contributed by atoms with E-state index >= 15 is 0 Å². The molecule has 0 radical (unpaired) electrons. The van der Waals surface area contributed by atoms with E-state index < -0.39 is 12.0 Å². The Kier molecular flexibility index (Phi) is 6.46. The maximum absolute atomic E-state index is 13.7. The number of halogens is 2. The molecule has 3 aromatic rings. The van der Waals surface area contributed by atoms with Crippen LogP contribution in [0.1, 0.15) is 6.92 Å². The Labute approximate surface area is 171 Å². The molecular formula is C20H16ClFN2O5. The first kappa shape index (κ1) is 20.3. The number of nitrogens with zero attached hydrogens (tertiary/aromatic N) is 2. The third-order valence-electron chi connectivity index (χ3n) is 3.63. The number of hydrogen-bond acceptors (Lipinski definition) is 7. The van der Waals surface area contributed by atoms with Gasteiger partial charge in [0, 0.05) is 5.56 Å². The van der Waals surface area contributed by atoms with Crippen molar-refractivity contribution in [3.05, 3.63) is 59.5 Å². The second kappa shape index (κ2) is 9.20. The largest absolute Gasteiger partial charge is 0.514 e. The van der Waals surface area contributed by atoms with Crippen molar-refractivity contribution in [2.45, 2.75) is 6.92 Å². The highest BCUT2D eigenvalue weighted by Crippen LogP contribution is 2.35. The van der Waals surface area contributed by atoms with E-state index in [2.05, 4.69) is 9.97 Å². The van der Waals surface area contributed by atoms with Crippen molar-refractivity contribution in [3.63, 3.8) is 0 Å². The van der Waals surface area contributed by atoms with Gasteiger partial charge in [0.2, 0.25) is 5.75 Å². The van der Waals surface area contributed by atoms with Crippen molar-refractivity contribution >= 4 is 17.8 Å². The standard InChI is InChI=1S/C20H16ClFN2O5/c1-3-27-20(25)29-17-11-23-18(12-8-9-14(22)16(10-12)26-2)24-19(17)28-15-7-5-4-6-13(15)21/h4-11H,3H2,1-2H3. The normalized spacial score (nSPS) is 10.3. The first-order chi connectivity index (χ1) is 14.0. The summed E-state index contributed by atoms with van der Waals surface area (Å²) in [4.78, 5) is 20.2. The Morgan fingerprint density at radius 1 is 1.14 bits per heavy atom. The minimum atomic E-state index is -0.934. The van der Waals surface area contributed by atoms with Gasteiger partial charge in [0.25, 0.3) is 5.88 Å². The van der Waals surface area contributed by atoms with E-state index in [0.29, 0.717) is 16.3 Å². The van der Waals surface area contributed by atoms with Gasteiger partial charge in [0.15, 0.2) is 17.4 Å². The van der Waals surface area contributed by atoms with Gasteiger partial charge in [-0.15, -0.1) is 0 Å². The van der Waals surface area contributed by atoms with E-state index in [1.807, 2.05) is 0 Å². The van der Waals surface area contributed by atoms with Crippen molar-refractivity contribution < 1.29 is 28.1 Å². The van der Waals surface area contributed by atoms with Crippen LogP contribution in [0.2, 0.25) is 5.02 Å². The molecule has 0 atom stereocenters. The maximum atomic E-state index is 13.7. The van der Waals surface area contributed by atoms with E-state index in [1.54, 1.807) is 31.2 Å². The second-order valence-electron chi connectivity index (χ2n) is 5.53. The van der Waals surface area contributed by atoms with E-state index in [0.717, 1.165) is 0 Å². The molecule has 0 fully saturated rings. The van der Waals surface area contributed by atoms with Gasteiger partial charge in [0.1, 0.15) is 5.75 Å². The van der Waals surface area contributed by atoms with Crippen LogP contribution in [0.15, 0.2) is 48.7 Å². The van der Waals surface area contributed by atoms with Gasteiger partial charge in [-0.1, -0.05) is 23.7 Å². The van der Waals surface area contributed by atoms with Crippen LogP contribution in [0.25, 0.3) is 11.4 Å². The molecule has 0 bridgehead atoms. The molecule has 1 heterocycles. The molecule has 1 aromatic heterocycles. The molecule has 2 aromatic carbocycles. The van der Waals surface area contributed by atoms with Crippen molar-refractivity contribution in [2.75, 3.05) is 13.7 Å². The molecule has 9 heteroatoms. The summed E-state index contributed by atoms with van der Waals surface area (Å²) in [6.45, 7) is 1.78. The van der Waals surface area contributed by atoms with Gasteiger partial charge in [-0.25, -0.2) is 14.2 Å². The number of benzene rings is 2. The first-order valence-corrected chi connectivity index (χ1v) is 8.87. The fraction of sp³-hybridized carbons (Fsp3) is 0.150. The third kappa shape index (κ3) is 4.91. The fourth-order valence-electron chi connectivity index (χ4n) is 2.30. The monoisotopic (exact) mass is 418 g/mol. The molecular weight excluding hydrogens is 403 g/mol. The fourth-order valence-corrected chi connectivity index (χ4v) is 2.48. The number of carbonyl (C=O) groups is 1. The molecule has 0 saturated heterocycles. The minimum absolute atomic E-state index is 0.0338. The quantitative estimate of drug-likeness (QED) is 0.504. The lowest BCUT2D eigenvalue weighted by Crippen LogP contribution is -2.11. The molecule has 0 N–H and O–H groups in total. The predicted octanol–water partition coefficient (Wildman–Crippen LogP) is 5.27. The number of ether oxygens (including phenoxy) is 4. The van der Waals surface area contributed by atoms with Crippen LogP contribution in [0, 0.1) is 5.82 Å². The zero-order valence-electron chi connectivity index (χ0n) is 15.5. The minimum Gasteiger partial charge on any atom is -0.494 e. The SMILES string of the molecule is CCOC(=O)Oc1cnc(-c2ccc(F)c(OC)c2)nc1Oc1ccccc1Cl. The van der Waals surface area contributed by atoms with Crippen LogP contribution in [0.3, 0.4) is 0 Å².